The lowest BCUT2D eigenvalue weighted by molar-refractivity contribution is 0.643. The molecular weight excluding hydrogens is 290 g/mol. The molecule has 2 aromatic rings. The molecule has 22 heavy (non-hydrogen) atoms. The lowest BCUT2D eigenvalue weighted by Gasteiger charge is -2.29. The summed E-state index contributed by atoms with van der Waals surface area (Å²) in [6.45, 7) is 4.23. The van der Waals surface area contributed by atoms with Crippen LogP contribution in [0.15, 0.2) is 46.2 Å². The van der Waals surface area contributed by atoms with Crippen molar-refractivity contribution in [3.8, 4) is 0 Å². The van der Waals surface area contributed by atoms with Gasteiger partial charge in [0.1, 0.15) is 0 Å². The molecule has 3 rings (SSSR count). The molecular formula is C18H23N3S. The van der Waals surface area contributed by atoms with Crippen LogP contribution in [0, 0.1) is 0 Å². The Kier molecular flexibility index (Phi) is 4.43. The van der Waals surface area contributed by atoms with Gasteiger partial charge in [-0.05, 0) is 42.2 Å². The van der Waals surface area contributed by atoms with Crippen LogP contribution >= 0.6 is 11.8 Å². The molecule has 1 heterocycles. The number of benzene rings is 2. The predicted molar refractivity (Wildman–Crippen MR) is 94.7 cm³/mol. The first-order chi connectivity index (χ1) is 10.7. The molecule has 0 aliphatic carbocycles. The molecule has 4 heteroatoms. The van der Waals surface area contributed by atoms with Gasteiger partial charge in [0.05, 0.1) is 11.4 Å². The van der Waals surface area contributed by atoms with Crippen molar-refractivity contribution < 1.29 is 0 Å². The van der Waals surface area contributed by atoms with Crippen LogP contribution < -0.4 is 16.8 Å². The largest absolute Gasteiger partial charge is 0.353 e. The molecule has 0 saturated carbocycles. The van der Waals surface area contributed by atoms with E-state index in [0.29, 0.717) is 0 Å². The molecule has 2 unspecified atom stereocenters. The number of fused-ring (bicyclic) bond motifs is 2. The van der Waals surface area contributed by atoms with E-state index in [1.54, 1.807) is 11.8 Å². The smallest absolute Gasteiger partial charge is 0.0578 e. The lowest BCUT2D eigenvalue weighted by atomic mass is 9.91. The third-order valence-electron chi connectivity index (χ3n) is 4.26. The fourth-order valence-corrected chi connectivity index (χ4v) is 3.90. The number of para-hydroxylation sites is 1. The Morgan fingerprint density at radius 1 is 0.955 bits per heavy atom. The van der Waals surface area contributed by atoms with Crippen molar-refractivity contribution in [3.63, 3.8) is 0 Å². The maximum Gasteiger partial charge on any atom is 0.0578 e. The third kappa shape index (κ3) is 2.62. The molecule has 0 saturated heterocycles. The van der Waals surface area contributed by atoms with Gasteiger partial charge in [-0.15, -0.1) is 0 Å². The Labute approximate surface area is 136 Å². The van der Waals surface area contributed by atoms with Crippen molar-refractivity contribution in [3.05, 3.63) is 47.5 Å². The van der Waals surface area contributed by atoms with Gasteiger partial charge >= 0.3 is 0 Å². The molecule has 3 nitrogen and oxygen atoms in total. The van der Waals surface area contributed by atoms with Crippen molar-refractivity contribution >= 4 is 23.1 Å². The molecule has 0 spiro atoms. The second-order valence-electron chi connectivity index (χ2n) is 5.69. The van der Waals surface area contributed by atoms with Crippen molar-refractivity contribution in [1.29, 1.82) is 0 Å². The number of anilines is 2. The second kappa shape index (κ2) is 6.32. The van der Waals surface area contributed by atoms with E-state index in [-0.39, 0.29) is 12.1 Å². The number of nitrogens with one attached hydrogen (secondary N) is 1. The van der Waals surface area contributed by atoms with Gasteiger partial charge in [0.25, 0.3) is 0 Å². The van der Waals surface area contributed by atoms with E-state index < -0.39 is 0 Å². The number of hydrogen-bond donors (Lipinski definition) is 3. The van der Waals surface area contributed by atoms with Crippen LogP contribution in [-0.2, 0) is 0 Å². The highest BCUT2D eigenvalue weighted by molar-refractivity contribution is 7.99. The lowest BCUT2D eigenvalue weighted by Crippen LogP contribution is -2.20. The van der Waals surface area contributed by atoms with E-state index in [9.17, 15) is 0 Å². The van der Waals surface area contributed by atoms with E-state index in [4.69, 9.17) is 11.5 Å². The van der Waals surface area contributed by atoms with E-state index in [1.807, 2.05) is 0 Å². The van der Waals surface area contributed by atoms with Gasteiger partial charge in [-0.3, -0.25) is 0 Å². The van der Waals surface area contributed by atoms with Gasteiger partial charge in [-0.1, -0.05) is 43.8 Å². The topological polar surface area (TPSA) is 64.1 Å². The van der Waals surface area contributed by atoms with Gasteiger partial charge in [0.2, 0.25) is 0 Å². The summed E-state index contributed by atoms with van der Waals surface area (Å²) < 4.78 is 0. The molecule has 2 atom stereocenters. The van der Waals surface area contributed by atoms with Gasteiger partial charge < -0.3 is 16.8 Å². The van der Waals surface area contributed by atoms with Crippen LogP contribution in [0.3, 0.4) is 0 Å². The van der Waals surface area contributed by atoms with Crippen LogP contribution in [0.2, 0.25) is 0 Å². The summed E-state index contributed by atoms with van der Waals surface area (Å²) in [4.78, 5) is 2.48. The summed E-state index contributed by atoms with van der Waals surface area (Å²) in [5, 5.41) is 3.59. The first kappa shape index (κ1) is 15.4. The number of nitrogens with two attached hydrogens (primary N) is 2. The normalized spacial score (nSPS) is 15.5. The molecule has 2 aromatic carbocycles. The van der Waals surface area contributed by atoms with Gasteiger partial charge in [-0.2, -0.15) is 0 Å². The van der Waals surface area contributed by atoms with Crippen LogP contribution in [0.5, 0.6) is 0 Å². The first-order valence-electron chi connectivity index (χ1n) is 7.87. The molecule has 5 N–H and O–H groups in total. The average Bonchev–Trinajstić information content (AvgIpc) is 2.57. The van der Waals surface area contributed by atoms with Gasteiger partial charge in [0, 0.05) is 21.9 Å². The van der Waals surface area contributed by atoms with Crippen LogP contribution in [0.1, 0.15) is 49.9 Å². The van der Waals surface area contributed by atoms with E-state index in [2.05, 4.69) is 55.6 Å². The highest BCUT2D eigenvalue weighted by Crippen LogP contribution is 2.48. The number of rotatable bonds is 4. The summed E-state index contributed by atoms with van der Waals surface area (Å²) in [5.41, 5.74) is 17.4. The first-order valence-corrected chi connectivity index (χ1v) is 8.69. The minimum atomic E-state index is 0.000845. The summed E-state index contributed by atoms with van der Waals surface area (Å²) >= 11 is 1.79. The van der Waals surface area contributed by atoms with E-state index in [1.165, 1.54) is 20.9 Å². The Morgan fingerprint density at radius 2 is 1.68 bits per heavy atom. The summed E-state index contributed by atoms with van der Waals surface area (Å²) in [6.07, 6.45) is 1.81. The average molecular weight is 313 g/mol. The Hall–Kier alpha value is -1.49. The van der Waals surface area contributed by atoms with Crippen molar-refractivity contribution in [1.82, 2.24) is 0 Å². The van der Waals surface area contributed by atoms with Crippen LogP contribution in [0.25, 0.3) is 0 Å². The standard InChI is InChI=1S/C18H23N3S/c1-3-12(19)11-9-10-16-18(17(11)13(20)4-2)21-14-7-5-6-8-15(14)22-16/h5-10,12-13,21H,3-4,19-20H2,1-2H3. The molecule has 0 fully saturated rings. The highest BCUT2D eigenvalue weighted by atomic mass is 32.2. The number of hydrogen-bond acceptors (Lipinski definition) is 4. The third-order valence-corrected chi connectivity index (χ3v) is 5.39. The van der Waals surface area contributed by atoms with Gasteiger partial charge in [-0.25, -0.2) is 0 Å². The van der Waals surface area contributed by atoms with Crippen molar-refractivity contribution in [2.75, 3.05) is 5.32 Å². The quantitative estimate of drug-likeness (QED) is 0.652. The molecule has 0 bridgehead atoms. The molecule has 0 aromatic heterocycles. The highest BCUT2D eigenvalue weighted by Gasteiger charge is 2.24. The fraction of sp³-hybridized carbons (Fsp3) is 0.333. The van der Waals surface area contributed by atoms with E-state index in [0.717, 1.165) is 24.2 Å². The fourth-order valence-electron chi connectivity index (χ4n) is 2.89. The molecule has 116 valence electrons. The van der Waals surface area contributed by atoms with Gasteiger partial charge in [0.15, 0.2) is 0 Å². The minimum Gasteiger partial charge on any atom is -0.353 e. The zero-order chi connectivity index (χ0) is 15.7. The molecule has 1 aliphatic rings. The molecule has 0 radical (unpaired) electrons. The van der Waals surface area contributed by atoms with Crippen molar-refractivity contribution in [2.24, 2.45) is 11.5 Å². The Morgan fingerprint density at radius 3 is 2.41 bits per heavy atom. The molecule has 1 aliphatic heterocycles. The van der Waals surface area contributed by atoms with Crippen LogP contribution in [0.4, 0.5) is 11.4 Å². The van der Waals surface area contributed by atoms with Crippen molar-refractivity contribution in [2.45, 2.75) is 48.6 Å². The van der Waals surface area contributed by atoms with Crippen LogP contribution in [-0.4, -0.2) is 0 Å². The Bertz CT molecular complexity index is 684. The minimum absolute atomic E-state index is 0.000845. The Balaban J connectivity index is 2.14. The monoisotopic (exact) mass is 313 g/mol. The maximum absolute atomic E-state index is 6.43. The summed E-state index contributed by atoms with van der Waals surface area (Å²) in [5.74, 6) is 0. The predicted octanol–water partition coefficient (Wildman–Crippen LogP) is 4.71. The maximum atomic E-state index is 6.43. The SMILES string of the molecule is CCC(N)c1ccc2c(c1C(N)CC)Nc1ccccc1S2. The zero-order valence-corrected chi connectivity index (χ0v) is 13.9. The van der Waals surface area contributed by atoms with E-state index >= 15 is 0 Å². The second-order valence-corrected chi connectivity index (χ2v) is 6.78. The zero-order valence-electron chi connectivity index (χ0n) is 13.1. The molecule has 0 amide bonds. The summed E-state index contributed by atoms with van der Waals surface area (Å²) in [7, 11) is 0. The summed E-state index contributed by atoms with van der Waals surface area (Å²) in [6, 6.07) is 12.7.